The van der Waals surface area contributed by atoms with Gasteiger partial charge in [-0.3, -0.25) is 10.1 Å². The summed E-state index contributed by atoms with van der Waals surface area (Å²) in [7, 11) is 0. The third-order valence-corrected chi connectivity index (χ3v) is 3.51. The van der Waals surface area contributed by atoms with E-state index in [1.807, 2.05) is 5.32 Å². The van der Waals surface area contributed by atoms with E-state index >= 15 is 0 Å². The number of nitrogens with two attached hydrogens (primary N) is 1. The van der Waals surface area contributed by atoms with Crippen molar-refractivity contribution in [2.75, 3.05) is 0 Å². The Kier molecular flexibility index (Phi) is 5.41. The second kappa shape index (κ2) is 7.29. The van der Waals surface area contributed by atoms with Gasteiger partial charge in [-0.1, -0.05) is 57.9 Å². The molecule has 0 aromatic heterocycles. The lowest BCUT2D eigenvalue weighted by molar-refractivity contribution is -0.127. The summed E-state index contributed by atoms with van der Waals surface area (Å²) in [4.78, 5) is 23.1. The zero-order valence-corrected chi connectivity index (χ0v) is 13.6. The van der Waals surface area contributed by atoms with E-state index in [2.05, 4.69) is 15.9 Å². The summed E-state index contributed by atoms with van der Waals surface area (Å²) in [6.07, 6.45) is -1.05. The van der Waals surface area contributed by atoms with Gasteiger partial charge in [-0.25, -0.2) is 4.79 Å². The molecule has 3 N–H and O–H groups in total. The molecule has 0 heterocycles. The first-order chi connectivity index (χ1) is 10.5. The zero-order valence-electron chi connectivity index (χ0n) is 11.3. The molecule has 2 rings (SSSR count). The van der Waals surface area contributed by atoms with E-state index < -0.39 is 18.0 Å². The Morgan fingerprint density at radius 1 is 1.18 bits per heavy atom. The van der Waals surface area contributed by atoms with Gasteiger partial charge in [0.25, 0.3) is 5.91 Å². The van der Waals surface area contributed by atoms with Crippen LogP contribution in [-0.2, 0) is 4.79 Å². The van der Waals surface area contributed by atoms with Gasteiger partial charge in [-0.15, -0.1) is 0 Å². The van der Waals surface area contributed by atoms with Crippen LogP contribution in [0.4, 0.5) is 4.79 Å². The van der Waals surface area contributed by atoms with Crippen molar-refractivity contribution in [3.8, 4) is 5.75 Å². The molecule has 0 unspecified atom stereocenters. The number of urea groups is 1. The predicted molar refractivity (Wildman–Crippen MR) is 86.7 cm³/mol. The molecule has 0 aliphatic carbocycles. The average Bonchev–Trinajstić information content (AvgIpc) is 2.46. The molecule has 0 saturated carbocycles. The second-order valence-electron chi connectivity index (χ2n) is 4.34. The number of primary amides is 1. The van der Waals surface area contributed by atoms with Crippen molar-refractivity contribution in [2.45, 2.75) is 6.10 Å². The molecule has 5 nitrogen and oxygen atoms in total. The second-order valence-corrected chi connectivity index (χ2v) is 5.66. The largest absolute Gasteiger partial charge is 0.474 e. The number of halogens is 2. The number of carbonyl (C=O) groups is 2. The Morgan fingerprint density at radius 2 is 1.86 bits per heavy atom. The smallest absolute Gasteiger partial charge is 0.318 e. The highest BCUT2D eigenvalue weighted by Gasteiger charge is 2.24. The van der Waals surface area contributed by atoms with E-state index in [9.17, 15) is 9.59 Å². The van der Waals surface area contributed by atoms with E-state index in [1.54, 1.807) is 48.5 Å². The molecular formula is C15H12BrClN2O3. The number of imide groups is 1. The number of hydrogen-bond donors (Lipinski definition) is 2. The predicted octanol–water partition coefficient (Wildman–Crippen LogP) is 3.42. The summed E-state index contributed by atoms with van der Waals surface area (Å²) < 4.78 is 6.46. The Labute approximate surface area is 140 Å². The molecule has 0 bridgehead atoms. The summed E-state index contributed by atoms with van der Waals surface area (Å²) in [5.41, 5.74) is 5.56. The van der Waals surface area contributed by atoms with Crippen LogP contribution in [0.5, 0.6) is 5.75 Å². The van der Waals surface area contributed by atoms with Crippen molar-refractivity contribution in [2.24, 2.45) is 5.73 Å². The Hall–Kier alpha value is -2.05. The molecule has 7 heteroatoms. The van der Waals surface area contributed by atoms with Gasteiger partial charge in [0.05, 0.1) is 5.02 Å². The summed E-state index contributed by atoms with van der Waals surface area (Å²) >= 11 is 9.38. The lowest BCUT2D eigenvalue weighted by Crippen LogP contribution is -2.40. The van der Waals surface area contributed by atoms with Gasteiger partial charge in [0.1, 0.15) is 5.75 Å². The fourth-order valence-corrected chi connectivity index (χ4v) is 2.50. The maximum atomic E-state index is 12.1. The van der Waals surface area contributed by atoms with Crippen LogP contribution in [0.15, 0.2) is 53.0 Å². The first kappa shape index (κ1) is 16.3. The topological polar surface area (TPSA) is 81.4 Å². The van der Waals surface area contributed by atoms with E-state index in [0.717, 1.165) is 4.47 Å². The fraction of sp³-hybridized carbons (Fsp3) is 0.0667. The summed E-state index contributed by atoms with van der Waals surface area (Å²) in [5, 5.41) is 2.35. The molecule has 2 aromatic rings. The summed E-state index contributed by atoms with van der Waals surface area (Å²) in [6, 6.07) is 12.8. The van der Waals surface area contributed by atoms with Crippen molar-refractivity contribution < 1.29 is 14.3 Å². The highest BCUT2D eigenvalue weighted by molar-refractivity contribution is 9.10. The van der Waals surface area contributed by atoms with Crippen LogP contribution in [0.2, 0.25) is 5.02 Å². The number of benzene rings is 2. The minimum Gasteiger partial charge on any atom is -0.474 e. The molecule has 22 heavy (non-hydrogen) atoms. The summed E-state index contributed by atoms with van der Waals surface area (Å²) in [5.74, 6) is -0.351. The first-order valence-electron chi connectivity index (χ1n) is 6.24. The van der Waals surface area contributed by atoms with E-state index in [1.165, 1.54) is 0 Å². The van der Waals surface area contributed by atoms with Crippen LogP contribution >= 0.6 is 27.5 Å². The normalized spacial score (nSPS) is 11.5. The van der Waals surface area contributed by atoms with Crippen LogP contribution < -0.4 is 15.8 Å². The van der Waals surface area contributed by atoms with Crippen LogP contribution in [0.3, 0.4) is 0 Å². The number of ether oxygens (including phenoxy) is 1. The van der Waals surface area contributed by atoms with Gasteiger partial charge >= 0.3 is 6.03 Å². The average molecular weight is 384 g/mol. The maximum absolute atomic E-state index is 12.1. The SMILES string of the molecule is NC(=O)NC(=O)[C@@H](Oc1ccc(Br)cc1Cl)c1ccccc1. The quantitative estimate of drug-likeness (QED) is 0.849. The first-order valence-corrected chi connectivity index (χ1v) is 7.41. The molecule has 3 amide bonds. The standard InChI is InChI=1S/C15H12BrClN2O3/c16-10-6-7-12(11(17)8-10)22-13(14(20)19-15(18)21)9-4-2-1-3-5-9/h1-8,13H,(H3,18,19,20,21)/t13-/m0/s1. The number of carbonyl (C=O) groups excluding carboxylic acids is 2. The number of rotatable bonds is 4. The van der Waals surface area contributed by atoms with Crippen molar-refractivity contribution in [3.63, 3.8) is 0 Å². The van der Waals surface area contributed by atoms with E-state index in [0.29, 0.717) is 16.3 Å². The third-order valence-electron chi connectivity index (χ3n) is 2.73. The van der Waals surface area contributed by atoms with Gasteiger partial charge < -0.3 is 10.5 Å². The Balaban J connectivity index is 2.32. The van der Waals surface area contributed by atoms with Crippen LogP contribution in [-0.4, -0.2) is 11.9 Å². The molecule has 0 aliphatic rings. The lowest BCUT2D eigenvalue weighted by atomic mass is 10.1. The molecular weight excluding hydrogens is 372 g/mol. The maximum Gasteiger partial charge on any atom is 0.318 e. The minimum absolute atomic E-state index is 0.318. The van der Waals surface area contributed by atoms with Crippen LogP contribution in [0.1, 0.15) is 11.7 Å². The molecule has 0 aliphatic heterocycles. The van der Waals surface area contributed by atoms with Gasteiger partial charge in [-0.2, -0.15) is 0 Å². The third kappa shape index (κ3) is 4.22. The van der Waals surface area contributed by atoms with Crippen molar-refractivity contribution in [1.29, 1.82) is 0 Å². The van der Waals surface area contributed by atoms with Crippen molar-refractivity contribution >= 4 is 39.5 Å². The minimum atomic E-state index is -1.05. The highest BCUT2D eigenvalue weighted by atomic mass is 79.9. The van der Waals surface area contributed by atoms with Gasteiger partial charge in [0, 0.05) is 10.0 Å². The van der Waals surface area contributed by atoms with Crippen LogP contribution in [0, 0.1) is 0 Å². The van der Waals surface area contributed by atoms with E-state index in [-0.39, 0.29) is 0 Å². The van der Waals surface area contributed by atoms with Gasteiger partial charge in [0.2, 0.25) is 6.10 Å². The molecule has 0 radical (unpaired) electrons. The molecule has 0 saturated heterocycles. The van der Waals surface area contributed by atoms with Crippen molar-refractivity contribution in [3.05, 3.63) is 63.6 Å². The number of hydrogen-bond acceptors (Lipinski definition) is 3. The molecule has 1 atom stereocenters. The molecule has 0 fully saturated rings. The molecule has 2 aromatic carbocycles. The zero-order chi connectivity index (χ0) is 16.1. The van der Waals surface area contributed by atoms with Crippen LogP contribution in [0.25, 0.3) is 0 Å². The van der Waals surface area contributed by atoms with E-state index in [4.69, 9.17) is 22.1 Å². The van der Waals surface area contributed by atoms with Crippen molar-refractivity contribution in [1.82, 2.24) is 5.32 Å². The molecule has 0 spiro atoms. The summed E-state index contributed by atoms with van der Waals surface area (Å²) in [6.45, 7) is 0. The molecule has 114 valence electrons. The number of nitrogens with one attached hydrogen (secondary N) is 1. The number of amides is 3. The van der Waals surface area contributed by atoms with Gasteiger partial charge in [0.15, 0.2) is 0 Å². The Bertz CT molecular complexity index is 694. The van der Waals surface area contributed by atoms with Gasteiger partial charge in [-0.05, 0) is 18.2 Å². The Morgan fingerprint density at radius 3 is 2.45 bits per heavy atom. The highest BCUT2D eigenvalue weighted by Crippen LogP contribution is 2.31. The monoisotopic (exact) mass is 382 g/mol. The fourth-order valence-electron chi connectivity index (χ4n) is 1.79. The lowest BCUT2D eigenvalue weighted by Gasteiger charge is -2.19.